The minimum atomic E-state index is 0. The second kappa shape index (κ2) is 4.07. The van der Waals surface area contributed by atoms with Crippen molar-refractivity contribution in [3.8, 4) is 0 Å². The first-order chi connectivity index (χ1) is 4.55. The summed E-state index contributed by atoms with van der Waals surface area (Å²) in [5, 5.41) is 0. The van der Waals surface area contributed by atoms with Crippen LogP contribution >= 0.6 is 0 Å². The minimum absolute atomic E-state index is 0. The molecule has 0 saturated carbocycles. The summed E-state index contributed by atoms with van der Waals surface area (Å²) in [6.07, 6.45) is 0. The van der Waals surface area contributed by atoms with E-state index in [9.17, 15) is 0 Å². The first kappa shape index (κ1) is 11.7. The molecule has 0 aromatic carbocycles. The smallest absolute Gasteiger partial charge is 0.0226 e. The zero-order valence-corrected chi connectivity index (χ0v) is 11.7. The third-order valence-electron chi connectivity index (χ3n) is 2.81. The fourth-order valence-electron chi connectivity index (χ4n) is 1.41. The molecular weight excluding hydrogens is 259 g/mol. The van der Waals surface area contributed by atoms with Gasteiger partial charge in [0.05, 0.1) is 0 Å². The van der Waals surface area contributed by atoms with E-state index in [1.165, 1.54) is 28.2 Å². The van der Waals surface area contributed by atoms with E-state index in [-0.39, 0.29) is 35.6 Å². The monoisotopic (exact) mass is 274 g/mol. The van der Waals surface area contributed by atoms with Crippen molar-refractivity contribution in [1.29, 1.82) is 0 Å². The summed E-state index contributed by atoms with van der Waals surface area (Å²) in [5.74, 6) is 1.47. The molecule has 0 heterocycles. The van der Waals surface area contributed by atoms with Crippen LogP contribution < -0.4 is 0 Å². The van der Waals surface area contributed by atoms with Crippen molar-refractivity contribution < 1.29 is 35.6 Å². The Hall–Kier alpha value is 0.675. The Morgan fingerprint density at radius 2 is 0.818 bits per heavy atom. The molecule has 0 aliphatic heterocycles. The maximum atomic E-state index is 2.20. The Morgan fingerprint density at radius 3 is 0.909 bits per heavy atom. The third kappa shape index (κ3) is 1.88. The van der Waals surface area contributed by atoms with Crippen molar-refractivity contribution in [2.24, 2.45) is 0 Å². The summed E-state index contributed by atoms with van der Waals surface area (Å²) < 4.78 is 0. The molecule has 0 aromatic rings. The molecule has 0 fully saturated rings. The third-order valence-corrected chi connectivity index (χ3v) is 2.81. The van der Waals surface area contributed by atoms with Crippen molar-refractivity contribution in [1.82, 2.24) is 0 Å². The van der Waals surface area contributed by atoms with E-state index in [2.05, 4.69) is 34.6 Å². The molecule has 0 amide bonds. The molecule has 0 spiro atoms. The molecule has 1 rings (SSSR count). The topological polar surface area (TPSA) is 0 Å². The van der Waals surface area contributed by atoms with Crippen molar-refractivity contribution in [3.63, 3.8) is 0 Å². The molecule has 1 aliphatic carbocycles. The van der Waals surface area contributed by atoms with E-state index in [0.717, 1.165) is 0 Å². The molecule has 0 aromatic heterocycles. The average molecular weight is 274 g/mol. The van der Waals surface area contributed by atoms with Crippen LogP contribution in [0.4, 0.5) is 0 Å². The van der Waals surface area contributed by atoms with Crippen molar-refractivity contribution in [3.05, 3.63) is 28.2 Å². The van der Waals surface area contributed by atoms with E-state index in [1.54, 1.807) is 0 Å². The molecule has 58 valence electrons. The zero-order valence-electron chi connectivity index (χ0n) is 8.08. The van der Waals surface area contributed by atoms with Crippen LogP contribution in [0.15, 0.2) is 22.3 Å². The van der Waals surface area contributed by atoms with Gasteiger partial charge in [0.25, 0.3) is 0 Å². The van der Waals surface area contributed by atoms with Gasteiger partial charge in [-0.15, -0.1) is 0 Å². The molecule has 0 bridgehead atoms. The number of hydrogen-bond donors (Lipinski definition) is 0. The first-order valence-electron chi connectivity index (χ1n) is 3.75. The second-order valence-corrected chi connectivity index (χ2v) is 3.12. The van der Waals surface area contributed by atoms with Crippen molar-refractivity contribution in [2.45, 2.75) is 34.6 Å². The Bertz CT molecular complexity index is 197. The number of allylic oxidation sites excluding steroid dienone is 4. The van der Waals surface area contributed by atoms with E-state index < -0.39 is 0 Å². The molecular formula is C10H15La. The molecule has 1 aliphatic rings. The van der Waals surface area contributed by atoms with Gasteiger partial charge >= 0.3 is 0 Å². The average Bonchev–Trinajstić information content (AvgIpc) is 2.07. The summed E-state index contributed by atoms with van der Waals surface area (Å²) in [4.78, 5) is 0. The van der Waals surface area contributed by atoms with Gasteiger partial charge in [0.2, 0.25) is 0 Å². The predicted octanol–water partition coefficient (Wildman–Crippen LogP) is 3.27. The first-order valence-corrected chi connectivity index (χ1v) is 3.75. The maximum Gasteiger partial charge on any atom is 0.0226 e. The normalized spacial score (nSPS) is 19.4. The van der Waals surface area contributed by atoms with Crippen LogP contribution in [0.2, 0.25) is 0 Å². The van der Waals surface area contributed by atoms with Crippen LogP contribution in [0.1, 0.15) is 34.6 Å². The molecule has 11 heavy (non-hydrogen) atoms. The summed E-state index contributed by atoms with van der Waals surface area (Å²) in [7, 11) is 0. The van der Waals surface area contributed by atoms with Crippen LogP contribution in [0.5, 0.6) is 0 Å². The summed E-state index contributed by atoms with van der Waals surface area (Å²) in [5.41, 5.74) is 5.87. The van der Waals surface area contributed by atoms with Crippen LogP contribution in [-0.2, 0) is 0 Å². The van der Waals surface area contributed by atoms with Crippen molar-refractivity contribution in [2.75, 3.05) is 0 Å². The van der Waals surface area contributed by atoms with Gasteiger partial charge in [-0.05, 0) is 38.8 Å². The SMILES string of the molecule is C[C]1C(C)=C(C)C(C)=C1C.[La]. The Morgan fingerprint density at radius 1 is 0.545 bits per heavy atom. The Kier molecular flexibility index (Phi) is 4.32. The molecule has 2 radical (unpaired) electrons. The van der Waals surface area contributed by atoms with Gasteiger partial charge in [0.15, 0.2) is 0 Å². The van der Waals surface area contributed by atoms with Gasteiger partial charge in [-0.1, -0.05) is 18.1 Å². The van der Waals surface area contributed by atoms with Gasteiger partial charge in [0, 0.05) is 41.5 Å². The number of rotatable bonds is 0. The van der Waals surface area contributed by atoms with Gasteiger partial charge in [-0.25, -0.2) is 0 Å². The van der Waals surface area contributed by atoms with E-state index in [1.807, 2.05) is 0 Å². The molecule has 0 unspecified atom stereocenters. The van der Waals surface area contributed by atoms with Crippen LogP contribution in [0.25, 0.3) is 0 Å². The number of hydrogen-bond acceptors (Lipinski definition) is 0. The standard InChI is InChI=1S/C10H15.La/c1-6-7(2)9(4)10(5)8(6)3;/h1-5H3;. The van der Waals surface area contributed by atoms with E-state index in [4.69, 9.17) is 0 Å². The Labute approximate surface area is 97.7 Å². The largest absolute Gasteiger partial charge is 0.0589 e. The van der Waals surface area contributed by atoms with Crippen LogP contribution in [0, 0.1) is 41.5 Å². The van der Waals surface area contributed by atoms with E-state index in [0.29, 0.717) is 0 Å². The van der Waals surface area contributed by atoms with Gasteiger partial charge in [-0.3, -0.25) is 0 Å². The quantitative estimate of drug-likeness (QED) is 0.636. The molecule has 0 atom stereocenters. The van der Waals surface area contributed by atoms with Gasteiger partial charge in [0.1, 0.15) is 0 Å². The minimum Gasteiger partial charge on any atom is -0.0589 e. The van der Waals surface area contributed by atoms with Crippen LogP contribution in [0.3, 0.4) is 0 Å². The van der Waals surface area contributed by atoms with Gasteiger partial charge < -0.3 is 0 Å². The predicted molar refractivity (Wildman–Crippen MR) is 45.7 cm³/mol. The Balaban J connectivity index is 0.000001000. The van der Waals surface area contributed by atoms with Crippen LogP contribution in [-0.4, -0.2) is 0 Å². The summed E-state index contributed by atoms with van der Waals surface area (Å²) in [6.45, 7) is 11.0. The fourth-order valence-corrected chi connectivity index (χ4v) is 1.41. The molecule has 0 N–H and O–H groups in total. The zero-order chi connectivity index (χ0) is 7.89. The summed E-state index contributed by atoms with van der Waals surface area (Å²) >= 11 is 0. The second-order valence-electron chi connectivity index (χ2n) is 3.12. The van der Waals surface area contributed by atoms with E-state index >= 15 is 0 Å². The molecule has 0 nitrogen and oxygen atoms in total. The summed E-state index contributed by atoms with van der Waals surface area (Å²) in [6, 6.07) is 0. The molecule has 1 heteroatoms. The van der Waals surface area contributed by atoms with Gasteiger partial charge in [-0.2, -0.15) is 0 Å². The molecule has 0 saturated heterocycles. The van der Waals surface area contributed by atoms with Crippen molar-refractivity contribution >= 4 is 0 Å². The maximum absolute atomic E-state index is 2.20. The fraction of sp³-hybridized carbons (Fsp3) is 0.500.